The van der Waals surface area contributed by atoms with Gasteiger partial charge in [-0.2, -0.15) is 0 Å². The molecule has 0 radical (unpaired) electrons. The third kappa shape index (κ3) is 2.79. The maximum atomic E-state index is 5.84. The molecule has 0 amide bonds. The summed E-state index contributed by atoms with van der Waals surface area (Å²) in [5.41, 5.74) is 11.7. The summed E-state index contributed by atoms with van der Waals surface area (Å²) in [7, 11) is 0. The minimum absolute atomic E-state index is 0.279. The molecule has 0 spiro atoms. The SMILES string of the molecule is CCCc1nc(N)nc2ccc(-c3c(-c4ccccc4)noc3C)nc12. The van der Waals surface area contributed by atoms with Crippen molar-refractivity contribution in [3.05, 3.63) is 53.9 Å². The van der Waals surface area contributed by atoms with Crippen LogP contribution in [0.4, 0.5) is 5.95 Å². The first-order valence-corrected chi connectivity index (χ1v) is 8.62. The molecule has 0 atom stereocenters. The lowest BCUT2D eigenvalue weighted by molar-refractivity contribution is 0.400. The number of rotatable bonds is 4. The van der Waals surface area contributed by atoms with Crippen molar-refractivity contribution in [1.82, 2.24) is 20.1 Å². The van der Waals surface area contributed by atoms with Gasteiger partial charge in [-0.1, -0.05) is 48.8 Å². The van der Waals surface area contributed by atoms with Gasteiger partial charge >= 0.3 is 0 Å². The average molecular weight is 345 g/mol. The van der Waals surface area contributed by atoms with Crippen LogP contribution < -0.4 is 5.73 Å². The lowest BCUT2D eigenvalue weighted by Gasteiger charge is -2.08. The van der Waals surface area contributed by atoms with Gasteiger partial charge in [0, 0.05) is 5.56 Å². The fourth-order valence-electron chi connectivity index (χ4n) is 3.11. The van der Waals surface area contributed by atoms with Gasteiger partial charge in [-0.05, 0) is 25.5 Å². The highest BCUT2D eigenvalue weighted by Gasteiger charge is 2.19. The minimum Gasteiger partial charge on any atom is -0.368 e. The second kappa shape index (κ2) is 6.55. The van der Waals surface area contributed by atoms with Gasteiger partial charge < -0.3 is 10.3 Å². The molecule has 0 saturated carbocycles. The summed E-state index contributed by atoms with van der Waals surface area (Å²) in [6, 6.07) is 13.8. The molecular weight excluding hydrogens is 326 g/mol. The highest BCUT2D eigenvalue weighted by Crippen LogP contribution is 2.34. The maximum Gasteiger partial charge on any atom is 0.220 e. The monoisotopic (exact) mass is 345 g/mol. The summed E-state index contributed by atoms with van der Waals surface area (Å²) in [6.45, 7) is 4.00. The Balaban J connectivity index is 1.92. The van der Waals surface area contributed by atoms with Crippen LogP contribution in [0.15, 0.2) is 47.0 Å². The van der Waals surface area contributed by atoms with E-state index in [-0.39, 0.29) is 5.95 Å². The molecule has 130 valence electrons. The van der Waals surface area contributed by atoms with Crippen molar-refractivity contribution >= 4 is 17.0 Å². The minimum atomic E-state index is 0.279. The fraction of sp³-hybridized carbons (Fsp3) is 0.200. The molecule has 6 nitrogen and oxygen atoms in total. The number of pyridine rings is 1. The molecule has 4 rings (SSSR count). The molecule has 4 aromatic rings. The lowest BCUT2D eigenvalue weighted by Crippen LogP contribution is -2.02. The van der Waals surface area contributed by atoms with Crippen LogP contribution in [0.5, 0.6) is 0 Å². The molecule has 0 aliphatic carbocycles. The molecule has 0 aliphatic rings. The lowest BCUT2D eigenvalue weighted by atomic mass is 10.0. The molecule has 0 aliphatic heterocycles. The zero-order valence-electron chi connectivity index (χ0n) is 14.7. The van der Waals surface area contributed by atoms with Gasteiger partial charge in [0.2, 0.25) is 5.95 Å². The molecule has 26 heavy (non-hydrogen) atoms. The Morgan fingerprint density at radius 3 is 2.58 bits per heavy atom. The number of aromatic nitrogens is 4. The topological polar surface area (TPSA) is 90.7 Å². The smallest absolute Gasteiger partial charge is 0.220 e. The summed E-state index contributed by atoms with van der Waals surface area (Å²) in [5, 5.41) is 4.25. The second-order valence-corrected chi connectivity index (χ2v) is 6.17. The summed E-state index contributed by atoms with van der Waals surface area (Å²) in [6.07, 6.45) is 1.76. The Bertz CT molecular complexity index is 1070. The zero-order chi connectivity index (χ0) is 18.1. The molecule has 0 fully saturated rings. The van der Waals surface area contributed by atoms with Crippen LogP contribution in [0.3, 0.4) is 0 Å². The largest absolute Gasteiger partial charge is 0.368 e. The Labute approximate surface area is 151 Å². The Kier molecular flexibility index (Phi) is 4.08. The number of hydrogen-bond acceptors (Lipinski definition) is 6. The van der Waals surface area contributed by atoms with Gasteiger partial charge in [-0.25, -0.2) is 15.0 Å². The normalized spacial score (nSPS) is 11.2. The maximum absolute atomic E-state index is 5.84. The van der Waals surface area contributed by atoms with Gasteiger partial charge in [-0.3, -0.25) is 0 Å². The predicted molar refractivity (Wildman–Crippen MR) is 101 cm³/mol. The summed E-state index contributed by atoms with van der Waals surface area (Å²) in [4.78, 5) is 13.5. The van der Waals surface area contributed by atoms with Gasteiger partial charge in [0.25, 0.3) is 0 Å². The van der Waals surface area contributed by atoms with Crippen molar-refractivity contribution in [1.29, 1.82) is 0 Å². The van der Waals surface area contributed by atoms with Crippen LogP contribution >= 0.6 is 0 Å². The Morgan fingerprint density at radius 2 is 1.81 bits per heavy atom. The zero-order valence-corrected chi connectivity index (χ0v) is 14.7. The highest BCUT2D eigenvalue weighted by atomic mass is 16.5. The summed E-state index contributed by atoms with van der Waals surface area (Å²) < 4.78 is 5.47. The number of anilines is 1. The second-order valence-electron chi connectivity index (χ2n) is 6.17. The van der Waals surface area contributed by atoms with Crippen molar-refractivity contribution in [2.45, 2.75) is 26.7 Å². The Hall–Kier alpha value is -3.28. The molecule has 0 saturated heterocycles. The van der Waals surface area contributed by atoms with E-state index < -0.39 is 0 Å². The van der Waals surface area contributed by atoms with E-state index in [0.29, 0.717) is 0 Å². The van der Waals surface area contributed by atoms with Gasteiger partial charge in [-0.15, -0.1) is 0 Å². The molecule has 1 aromatic carbocycles. The average Bonchev–Trinajstić information content (AvgIpc) is 3.04. The number of nitrogens with zero attached hydrogens (tertiary/aromatic N) is 4. The van der Waals surface area contributed by atoms with Crippen molar-refractivity contribution in [2.75, 3.05) is 5.73 Å². The highest BCUT2D eigenvalue weighted by molar-refractivity contribution is 5.85. The van der Waals surface area contributed by atoms with Crippen molar-refractivity contribution < 1.29 is 4.52 Å². The van der Waals surface area contributed by atoms with Crippen molar-refractivity contribution in [3.8, 4) is 22.5 Å². The van der Waals surface area contributed by atoms with Gasteiger partial charge in [0.05, 0.1) is 22.5 Å². The molecule has 6 heteroatoms. The number of aryl methyl sites for hydroxylation is 2. The first-order valence-electron chi connectivity index (χ1n) is 8.62. The number of benzene rings is 1. The Morgan fingerprint density at radius 1 is 1.00 bits per heavy atom. The molecule has 0 unspecified atom stereocenters. The predicted octanol–water partition coefficient (Wildman–Crippen LogP) is 4.19. The van der Waals surface area contributed by atoms with E-state index in [0.717, 1.165) is 57.8 Å². The van der Waals surface area contributed by atoms with Crippen LogP contribution in [0, 0.1) is 6.92 Å². The van der Waals surface area contributed by atoms with Gasteiger partial charge in [0.1, 0.15) is 17.0 Å². The first kappa shape index (κ1) is 16.2. The molecular formula is C20H19N5O. The van der Waals surface area contributed by atoms with Crippen LogP contribution in [0.2, 0.25) is 0 Å². The number of nitrogens with two attached hydrogens (primary N) is 1. The quantitative estimate of drug-likeness (QED) is 0.596. The third-order valence-corrected chi connectivity index (χ3v) is 4.28. The first-order chi connectivity index (χ1) is 12.7. The number of nitrogen functional groups attached to an aromatic ring is 1. The van der Waals surface area contributed by atoms with Crippen LogP contribution in [0.1, 0.15) is 24.8 Å². The van der Waals surface area contributed by atoms with E-state index in [1.165, 1.54) is 0 Å². The summed E-state index contributed by atoms with van der Waals surface area (Å²) >= 11 is 0. The summed E-state index contributed by atoms with van der Waals surface area (Å²) in [5.74, 6) is 1.01. The molecule has 2 N–H and O–H groups in total. The van der Waals surface area contributed by atoms with E-state index in [9.17, 15) is 0 Å². The van der Waals surface area contributed by atoms with Crippen LogP contribution in [-0.4, -0.2) is 20.1 Å². The van der Waals surface area contributed by atoms with E-state index in [1.807, 2.05) is 49.4 Å². The van der Waals surface area contributed by atoms with E-state index >= 15 is 0 Å². The van der Waals surface area contributed by atoms with Crippen molar-refractivity contribution in [2.24, 2.45) is 0 Å². The standard InChI is InChI=1S/C20H19N5O/c1-3-7-15-19-16(24-20(21)23-15)11-10-14(22-19)17-12(2)26-25-18(17)13-8-5-4-6-9-13/h4-6,8-11H,3,7H2,1-2H3,(H2,21,23,24). The number of fused-ring (bicyclic) bond motifs is 1. The van der Waals surface area contributed by atoms with E-state index in [4.69, 9.17) is 15.2 Å². The number of hydrogen-bond donors (Lipinski definition) is 1. The van der Waals surface area contributed by atoms with Gasteiger partial charge in [0.15, 0.2) is 0 Å². The third-order valence-electron chi connectivity index (χ3n) is 4.28. The molecule has 0 bridgehead atoms. The van der Waals surface area contributed by atoms with E-state index in [2.05, 4.69) is 22.0 Å². The van der Waals surface area contributed by atoms with Crippen LogP contribution in [0.25, 0.3) is 33.5 Å². The molecule has 3 aromatic heterocycles. The van der Waals surface area contributed by atoms with Crippen LogP contribution in [-0.2, 0) is 6.42 Å². The molecule has 3 heterocycles. The fourth-order valence-corrected chi connectivity index (χ4v) is 3.11. The van der Waals surface area contributed by atoms with E-state index in [1.54, 1.807) is 0 Å². The van der Waals surface area contributed by atoms with Crippen molar-refractivity contribution in [3.63, 3.8) is 0 Å².